The normalized spacial score (nSPS) is 11.2. The molecule has 5 heteroatoms. The Morgan fingerprint density at radius 3 is 2.29 bits per heavy atom. The summed E-state index contributed by atoms with van der Waals surface area (Å²) in [7, 11) is 1.57. The SMILES string of the molecule is COc1cc2ccccc2cc1C(=O)Nc1ccc(-c2nc3c(ccc4ccccc43)o2)cc1. The van der Waals surface area contributed by atoms with Gasteiger partial charge in [0.05, 0.1) is 12.7 Å². The van der Waals surface area contributed by atoms with Crippen LogP contribution < -0.4 is 10.1 Å². The molecule has 164 valence electrons. The number of ether oxygens (including phenoxy) is 1. The van der Waals surface area contributed by atoms with Gasteiger partial charge in [0.1, 0.15) is 11.3 Å². The molecule has 0 aliphatic heterocycles. The number of anilines is 1. The zero-order valence-corrected chi connectivity index (χ0v) is 18.4. The molecule has 0 saturated carbocycles. The highest BCUT2D eigenvalue weighted by molar-refractivity contribution is 6.09. The Bertz CT molecular complexity index is 1680. The molecule has 1 N–H and O–H groups in total. The van der Waals surface area contributed by atoms with Gasteiger partial charge in [-0.3, -0.25) is 4.79 Å². The van der Waals surface area contributed by atoms with E-state index in [1.807, 2.05) is 91.0 Å². The van der Waals surface area contributed by atoms with Crippen molar-refractivity contribution in [1.82, 2.24) is 4.98 Å². The highest BCUT2D eigenvalue weighted by atomic mass is 16.5. The average Bonchev–Trinajstić information content (AvgIpc) is 3.33. The number of benzene rings is 5. The number of hydrogen-bond acceptors (Lipinski definition) is 4. The number of amides is 1. The summed E-state index contributed by atoms with van der Waals surface area (Å²) < 4.78 is 11.5. The molecular weight excluding hydrogens is 424 g/mol. The lowest BCUT2D eigenvalue weighted by Gasteiger charge is -2.11. The molecule has 5 aromatic carbocycles. The van der Waals surface area contributed by atoms with Crippen LogP contribution in [0.5, 0.6) is 5.75 Å². The lowest BCUT2D eigenvalue weighted by atomic mass is 10.1. The molecule has 1 aromatic heterocycles. The van der Waals surface area contributed by atoms with Gasteiger partial charge in [-0.15, -0.1) is 0 Å². The first kappa shape index (κ1) is 20.0. The second kappa shape index (κ2) is 8.05. The van der Waals surface area contributed by atoms with Crippen LogP contribution in [0.2, 0.25) is 0 Å². The van der Waals surface area contributed by atoms with Crippen LogP contribution >= 0.6 is 0 Å². The van der Waals surface area contributed by atoms with Gasteiger partial charge in [0.2, 0.25) is 5.89 Å². The Morgan fingerprint density at radius 1 is 0.824 bits per heavy atom. The fourth-order valence-corrected chi connectivity index (χ4v) is 4.25. The van der Waals surface area contributed by atoms with Crippen LogP contribution in [0, 0.1) is 0 Å². The molecular formula is C29H20N2O3. The number of rotatable bonds is 4. The molecule has 0 aliphatic rings. The van der Waals surface area contributed by atoms with E-state index in [1.165, 1.54) is 0 Å². The Hall–Kier alpha value is -4.64. The van der Waals surface area contributed by atoms with Gasteiger partial charge in [-0.1, -0.05) is 54.6 Å². The molecule has 0 fully saturated rings. The van der Waals surface area contributed by atoms with E-state index in [0.717, 1.165) is 38.2 Å². The number of hydrogen-bond donors (Lipinski definition) is 1. The van der Waals surface area contributed by atoms with Crippen molar-refractivity contribution in [2.75, 3.05) is 12.4 Å². The first-order valence-corrected chi connectivity index (χ1v) is 11.0. The third kappa shape index (κ3) is 3.44. The van der Waals surface area contributed by atoms with Crippen LogP contribution in [0.15, 0.2) is 101 Å². The van der Waals surface area contributed by atoms with Crippen LogP contribution in [0.4, 0.5) is 5.69 Å². The van der Waals surface area contributed by atoms with Gasteiger partial charge in [0, 0.05) is 16.6 Å². The van der Waals surface area contributed by atoms with Crippen molar-refractivity contribution >= 4 is 44.2 Å². The summed E-state index contributed by atoms with van der Waals surface area (Å²) in [5, 5.41) is 7.14. The summed E-state index contributed by atoms with van der Waals surface area (Å²) >= 11 is 0. The summed E-state index contributed by atoms with van der Waals surface area (Å²) in [6, 6.07) is 31.2. The number of nitrogens with one attached hydrogen (secondary N) is 1. The summed E-state index contributed by atoms with van der Waals surface area (Å²) in [6.45, 7) is 0. The van der Waals surface area contributed by atoms with Gasteiger partial charge >= 0.3 is 0 Å². The van der Waals surface area contributed by atoms with Gasteiger partial charge in [-0.2, -0.15) is 0 Å². The number of oxazole rings is 1. The number of fused-ring (bicyclic) bond motifs is 4. The summed E-state index contributed by atoms with van der Waals surface area (Å²) in [5.74, 6) is 0.843. The zero-order chi connectivity index (χ0) is 23.1. The zero-order valence-electron chi connectivity index (χ0n) is 18.4. The predicted octanol–water partition coefficient (Wildman–Crippen LogP) is 7.06. The topological polar surface area (TPSA) is 64.4 Å². The number of nitrogens with zero attached hydrogens (tertiary/aromatic N) is 1. The van der Waals surface area contributed by atoms with Crippen molar-refractivity contribution in [3.05, 3.63) is 103 Å². The van der Waals surface area contributed by atoms with Gasteiger partial charge in [0.25, 0.3) is 5.91 Å². The summed E-state index contributed by atoms with van der Waals surface area (Å²) in [6.07, 6.45) is 0. The molecule has 34 heavy (non-hydrogen) atoms. The second-order valence-corrected chi connectivity index (χ2v) is 8.08. The van der Waals surface area contributed by atoms with E-state index in [2.05, 4.69) is 11.4 Å². The molecule has 0 atom stereocenters. The third-order valence-electron chi connectivity index (χ3n) is 5.99. The molecule has 6 aromatic rings. The van der Waals surface area contributed by atoms with Crippen molar-refractivity contribution in [1.29, 1.82) is 0 Å². The smallest absolute Gasteiger partial charge is 0.259 e. The maximum atomic E-state index is 13.0. The molecule has 1 amide bonds. The molecule has 0 unspecified atom stereocenters. The molecule has 1 heterocycles. The van der Waals surface area contributed by atoms with Gasteiger partial charge in [0.15, 0.2) is 5.58 Å². The lowest BCUT2D eigenvalue weighted by Crippen LogP contribution is -2.13. The Morgan fingerprint density at radius 2 is 1.53 bits per heavy atom. The standard InChI is InChI=1S/C29H20N2O3/c1-33-26-17-21-8-3-2-7-20(21)16-24(26)28(32)30-22-13-10-19(11-14-22)29-31-27-23-9-5-4-6-18(23)12-15-25(27)34-29/h2-17H,1H3,(H,30,32). The maximum absolute atomic E-state index is 13.0. The van der Waals surface area contributed by atoms with E-state index in [1.54, 1.807) is 7.11 Å². The third-order valence-corrected chi connectivity index (χ3v) is 5.99. The quantitative estimate of drug-likeness (QED) is 0.316. The number of methoxy groups -OCH3 is 1. The molecule has 0 spiro atoms. The second-order valence-electron chi connectivity index (χ2n) is 8.08. The van der Waals surface area contributed by atoms with Crippen LogP contribution in [0.25, 0.3) is 44.1 Å². The number of aromatic nitrogens is 1. The van der Waals surface area contributed by atoms with Gasteiger partial charge < -0.3 is 14.5 Å². The van der Waals surface area contributed by atoms with E-state index in [9.17, 15) is 4.79 Å². The summed E-state index contributed by atoms with van der Waals surface area (Å²) in [5.41, 5.74) is 3.58. The Balaban J connectivity index is 1.28. The molecule has 0 aliphatic carbocycles. The van der Waals surface area contributed by atoms with E-state index < -0.39 is 0 Å². The predicted molar refractivity (Wildman–Crippen MR) is 135 cm³/mol. The van der Waals surface area contributed by atoms with Crippen molar-refractivity contribution in [3.8, 4) is 17.2 Å². The fourth-order valence-electron chi connectivity index (χ4n) is 4.25. The largest absolute Gasteiger partial charge is 0.496 e. The van der Waals surface area contributed by atoms with Crippen LogP contribution in [0.1, 0.15) is 10.4 Å². The van der Waals surface area contributed by atoms with E-state index in [-0.39, 0.29) is 5.91 Å². The number of carbonyl (C=O) groups excluding carboxylic acids is 1. The first-order valence-electron chi connectivity index (χ1n) is 11.0. The summed E-state index contributed by atoms with van der Waals surface area (Å²) in [4.78, 5) is 17.7. The molecule has 5 nitrogen and oxygen atoms in total. The van der Waals surface area contributed by atoms with Crippen molar-refractivity contribution in [2.24, 2.45) is 0 Å². The van der Waals surface area contributed by atoms with Crippen molar-refractivity contribution < 1.29 is 13.9 Å². The lowest BCUT2D eigenvalue weighted by molar-refractivity contribution is 0.102. The highest BCUT2D eigenvalue weighted by Gasteiger charge is 2.15. The van der Waals surface area contributed by atoms with Gasteiger partial charge in [-0.25, -0.2) is 4.98 Å². The Labute approximate surface area is 195 Å². The highest BCUT2D eigenvalue weighted by Crippen LogP contribution is 2.31. The fraction of sp³-hybridized carbons (Fsp3) is 0.0345. The van der Waals surface area contributed by atoms with Gasteiger partial charge in [-0.05, 0) is 58.6 Å². The minimum atomic E-state index is -0.233. The first-order chi connectivity index (χ1) is 16.7. The van der Waals surface area contributed by atoms with E-state index in [0.29, 0.717) is 22.9 Å². The minimum Gasteiger partial charge on any atom is -0.496 e. The van der Waals surface area contributed by atoms with E-state index >= 15 is 0 Å². The van der Waals surface area contributed by atoms with Crippen molar-refractivity contribution in [3.63, 3.8) is 0 Å². The maximum Gasteiger partial charge on any atom is 0.259 e. The number of carbonyl (C=O) groups is 1. The van der Waals surface area contributed by atoms with Crippen LogP contribution in [0.3, 0.4) is 0 Å². The monoisotopic (exact) mass is 444 g/mol. The van der Waals surface area contributed by atoms with Crippen LogP contribution in [-0.4, -0.2) is 18.0 Å². The van der Waals surface area contributed by atoms with Crippen molar-refractivity contribution in [2.45, 2.75) is 0 Å². The molecule has 0 bridgehead atoms. The van der Waals surface area contributed by atoms with Crippen LogP contribution in [-0.2, 0) is 0 Å². The average molecular weight is 444 g/mol. The molecule has 0 radical (unpaired) electrons. The molecule has 0 saturated heterocycles. The molecule has 6 rings (SSSR count). The van der Waals surface area contributed by atoms with E-state index in [4.69, 9.17) is 14.1 Å². The minimum absolute atomic E-state index is 0.233. The Kier molecular flexibility index (Phi) is 4.73.